The van der Waals surface area contributed by atoms with E-state index in [1.807, 2.05) is 35.6 Å². The first-order valence-corrected chi connectivity index (χ1v) is 10.3. The minimum absolute atomic E-state index is 0.0931. The minimum Gasteiger partial charge on any atom is -0.324 e. The van der Waals surface area contributed by atoms with E-state index in [0.717, 1.165) is 17.6 Å². The molecule has 4 aromatic rings. The average Bonchev–Trinajstić information content (AvgIpc) is 3.13. The fourth-order valence-electron chi connectivity index (χ4n) is 3.87. The Morgan fingerprint density at radius 1 is 0.929 bits per heavy atom. The molecule has 0 saturated heterocycles. The molecule has 1 aliphatic rings. The summed E-state index contributed by atoms with van der Waals surface area (Å²) in [6.07, 6.45) is 6.79. The first kappa shape index (κ1) is 17.1. The van der Waals surface area contributed by atoms with Gasteiger partial charge in [0.15, 0.2) is 0 Å². The van der Waals surface area contributed by atoms with Gasteiger partial charge in [-0.15, -0.1) is 11.3 Å². The number of thiophene rings is 1. The summed E-state index contributed by atoms with van der Waals surface area (Å²) < 4.78 is 2.63. The molecule has 3 aromatic carbocycles. The van der Waals surface area contributed by atoms with Gasteiger partial charge in [0.25, 0.3) is 0 Å². The molecular formula is C25H20N2S. The summed E-state index contributed by atoms with van der Waals surface area (Å²) in [5.74, 6) is 0. The Morgan fingerprint density at radius 3 is 2.54 bits per heavy atom. The summed E-state index contributed by atoms with van der Waals surface area (Å²) in [7, 11) is 0. The number of hydrogen-bond donors (Lipinski definition) is 2. The van der Waals surface area contributed by atoms with Crippen molar-refractivity contribution in [3.05, 3.63) is 96.1 Å². The zero-order valence-corrected chi connectivity index (χ0v) is 16.2. The van der Waals surface area contributed by atoms with Crippen molar-refractivity contribution in [1.29, 1.82) is 5.41 Å². The van der Waals surface area contributed by atoms with Crippen molar-refractivity contribution in [3.63, 3.8) is 0 Å². The third-order valence-electron chi connectivity index (χ3n) is 5.38. The van der Waals surface area contributed by atoms with Crippen molar-refractivity contribution in [2.45, 2.75) is 12.5 Å². The second kappa shape index (κ2) is 6.86. The molecule has 0 radical (unpaired) electrons. The standard InChI is InChI=1S/C25H20N2S/c26-22-10-3-1-7-21(22)24(27)17-14-12-16(13-15-17)18-8-5-9-20-19-6-2-4-11-23(19)28-25(18)20/h1-9,11-15,22,27H,10,26H2. The van der Waals surface area contributed by atoms with Gasteiger partial charge >= 0.3 is 0 Å². The predicted octanol–water partition coefficient (Wildman–Crippen LogP) is 6.30. The predicted molar refractivity (Wildman–Crippen MR) is 121 cm³/mol. The van der Waals surface area contributed by atoms with E-state index in [0.29, 0.717) is 5.71 Å². The molecule has 1 heterocycles. The van der Waals surface area contributed by atoms with Crippen LogP contribution < -0.4 is 5.73 Å². The molecule has 5 rings (SSSR count). The molecule has 136 valence electrons. The van der Waals surface area contributed by atoms with Crippen LogP contribution >= 0.6 is 11.3 Å². The van der Waals surface area contributed by atoms with Gasteiger partial charge in [-0.05, 0) is 34.8 Å². The number of nitrogens with one attached hydrogen (secondary N) is 1. The van der Waals surface area contributed by atoms with Gasteiger partial charge in [0.2, 0.25) is 0 Å². The summed E-state index contributed by atoms with van der Waals surface area (Å²) in [5.41, 5.74) is 10.9. The molecule has 0 bridgehead atoms. The van der Waals surface area contributed by atoms with Crippen LogP contribution in [0, 0.1) is 5.41 Å². The van der Waals surface area contributed by atoms with Crippen molar-refractivity contribution in [2.24, 2.45) is 5.73 Å². The van der Waals surface area contributed by atoms with E-state index in [2.05, 4.69) is 60.7 Å². The molecule has 0 saturated carbocycles. The molecule has 1 aliphatic carbocycles. The summed E-state index contributed by atoms with van der Waals surface area (Å²) in [6, 6.07) is 23.3. The maximum Gasteiger partial charge on any atom is 0.0660 e. The van der Waals surface area contributed by atoms with Gasteiger partial charge in [0.05, 0.1) is 5.71 Å². The molecule has 2 nitrogen and oxygen atoms in total. The Kier molecular flexibility index (Phi) is 4.19. The molecule has 1 unspecified atom stereocenters. The third kappa shape index (κ3) is 2.80. The molecule has 3 N–H and O–H groups in total. The first-order chi connectivity index (χ1) is 13.7. The largest absolute Gasteiger partial charge is 0.324 e. The summed E-state index contributed by atoms with van der Waals surface area (Å²) in [6.45, 7) is 0. The summed E-state index contributed by atoms with van der Waals surface area (Å²) >= 11 is 1.84. The summed E-state index contributed by atoms with van der Waals surface area (Å²) in [4.78, 5) is 0. The Labute approximate surface area is 168 Å². The van der Waals surface area contributed by atoms with E-state index in [4.69, 9.17) is 11.1 Å². The second-order valence-electron chi connectivity index (χ2n) is 7.13. The van der Waals surface area contributed by atoms with Crippen LogP contribution in [0.15, 0.2) is 90.5 Å². The molecule has 0 aliphatic heterocycles. The Hall–Kier alpha value is -3.01. The van der Waals surface area contributed by atoms with E-state index < -0.39 is 0 Å². The highest BCUT2D eigenvalue weighted by Gasteiger charge is 2.17. The lowest BCUT2D eigenvalue weighted by molar-refractivity contribution is 0.801. The van der Waals surface area contributed by atoms with E-state index in [1.54, 1.807) is 0 Å². The van der Waals surface area contributed by atoms with E-state index in [1.165, 1.54) is 31.3 Å². The van der Waals surface area contributed by atoms with Crippen LogP contribution in [-0.2, 0) is 0 Å². The Morgan fingerprint density at radius 2 is 1.71 bits per heavy atom. The number of rotatable bonds is 3. The Balaban J connectivity index is 1.55. The van der Waals surface area contributed by atoms with Gasteiger partial charge in [-0.25, -0.2) is 0 Å². The van der Waals surface area contributed by atoms with Crippen LogP contribution in [0.5, 0.6) is 0 Å². The lowest BCUT2D eigenvalue weighted by Gasteiger charge is -2.18. The van der Waals surface area contributed by atoms with E-state index in [-0.39, 0.29) is 6.04 Å². The van der Waals surface area contributed by atoms with Crippen LogP contribution in [-0.4, -0.2) is 11.8 Å². The van der Waals surface area contributed by atoms with Crippen LogP contribution in [0.1, 0.15) is 12.0 Å². The van der Waals surface area contributed by atoms with Crippen molar-refractivity contribution in [2.75, 3.05) is 0 Å². The number of benzene rings is 3. The normalized spacial score (nSPS) is 16.5. The van der Waals surface area contributed by atoms with Crippen LogP contribution in [0.25, 0.3) is 31.3 Å². The number of nitrogens with two attached hydrogens (primary N) is 1. The van der Waals surface area contributed by atoms with Gasteiger partial charge < -0.3 is 5.73 Å². The lowest BCUT2D eigenvalue weighted by atomic mass is 9.91. The summed E-state index contributed by atoms with van der Waals surface area (Å²) in [5, 5.41) is 11.2. The van der Waals surface area contributed by atoms with Gasteiger partial charge in [-0.2, -0.15) is 0 Å². The maximum atomic E-state index is 8.55. The monoisotopic (exact) mass is 380 g/mol. The van der Waals surface area contributed by atoms with Gasteiger partial charge in [0.1, 0.15) is 0 Å². The van der Waals surface area contributed by atoms with E-state index in [9.17, 15) is 0 Å². The van der Waals surface area contributed by atoms with Crippen molar-refractivity contribution >= 4 is 37.2 Å². The number of allylic oxidation sites excluding steroid dienone is 2. The molecule has 0 spiro atoms. The topological polar surface area (TPSA) is 49.9 Å². The Bertz CT molecular complexity index is 1260. The fourth-order valence-corrected chi connectivity index (χ4v) is 5.11. The van der Waals surface area contributed by atoms with Crippen LogP contribution in [0.2, 0.25) is 0 Å². The molecular weight excluding hydrogens is 360 g/mol. The highest BCUT2D eigenvalue weighted by Crippen LogP contribution is 2.39. The van der Waals surface area contributed by atoms with Crippen LogP contribution in [0.4, 0.5) is 0 Å². The smallest absolute Gasteiger partial charge is 0.0660 e. The van der Waals surface area contributed by atoms with Crippen molar-refractivity contribution < 1.29 is 0 Å². The SMILES string of the molecule is N=C(C1=CC=CCC1N)c1ccc(-c2cccc3c2sc2ccccc23)cc1. The number of hydrogen-bond acceptors (Lipinski definition) is 3. The van der Waals surface area contributed by atoms with Crippen molar-refractivity contribution in [3.8, 4) is 11.1 Å². The molecule has 0 amide bonds. The fraction of sp³-hybridized carbons (Fsp3) is 0.0800. The third-order valence-corrected chi connectivity index (χ3v) is 6.60. The molecule has 28 heavy (non-hydrogen) atoms. The maximum absolute atomic E-state index is 8.55. The highest BCUT2D eigenvalue weighted by molar-refractivity contribution is 7.26. The van der Waals surface area contributed by atoms with Gasteiger partial charge in [-0.1, -0.05) is 78.9 Å². The molecule has 3 heteroatoms. The number of fused-ring (bicyclic) bond motifs is 3. The van der Waals surface area contributed by atoms with Gasteiger partial charge in [-0.3, -0.25) is 5.41 Å². The molecule has 1 aromatic heterocycles. The molecule has 1 atom stereocenters. The quantitative estimate of drug-likeness (QED) is 0.402. The van der Waals surface area contributed by atoms with Gasteiger partial charge in [0, 0.05) is 26.2 Å². The van der Waals surface area contributed by atoms with Crippen molar-refractivity contribution in [1.82, 2.24) is 0 Å². The molecule has 0 fully saturated rings. The zero-order valence-electron chi connectivity index (χ0n) is 15.4. The first-order valence-electron chi connectivity index (χ1n) is 9.44. The van der Waals surface area contributed by atoms with E-state index >= 15 is 0 Å². The lowest BCUT2D eigenvalue weighted by Crippen LogP contribution is -2.28. The average molecular weight is 381 g/mol. The zero-order chi connectivity index (χ0) is 19.1. The van der Waals surface area contributed by atoms with Crippen LogP contribution in [0.3, 0.4) is 0 Å². The highest BCUT2D eigenvalue weighted by atomic mass is 32.1. The minimum atomic E-state index is -0.0931. The second-order valence-corrected chi connectivity index (χ2v) is 8.18.